The van der Waals surface area contributed by atoms with E-state index in [1.165, 1.54) is 18.2 Å². The van der Waals surface area contributed by atoms with Gasteiger partial charge in [-0.15, -0.1) is 0 Å². The van der Waals surface area contributed by atoms with E-state index >= 15 is 0 Å². The number of anilines is 1. The molecule has 0 unspecified atom stereocenters. The second kappa shape index (κ2) is 10.4. The van der Waals surface area contributed by atoms with Gasteiger partial charge in [-0.25, -0.2) is 12.8 Å². The number of hydrogen-bond acceptors (Lipinski definition) is 3. The average molecular weight is 427 g/mol. The van der Waals surface area contributed by atoms with Crippen LogP contribution in [0.3, 0.4) is 0 Å². The Balaban J connectivity index is 1.77. The molecule has 1 amide bonds. The fraction of sp³-hybridized carbons (Fsp3) is 0.350. The van der Waals surface area contributed by atoms with Gasteiger partial charge in [0.25, 0.3) is 0 Å². The van der Waals surface area contributed by atoms with E-state index in [0.717, 1.165) is 29.0 Å². The SMILES string of the molecule is CS(=O)(=O)N(CCCC(=O)NCCCc1ccccc1Cl)c1ccccc1F. The molecule has 2 aromatic rings. The minimum atomic E-state index is -3.64. The first-order valence-electron chi connectivity index (χ1n) is 9.01. The number of sulfonamides is 1. The van der Waals surface area contributed by atoms with Crippen LogP contribution >= 0.6 is 11.6 Å². The summed E-state index contributed by atoms with van der Waals surface area (Å²) in [4.78, 5) is 12.0. The summed E-state index contributed by atoms with van der Waals surface area (Å²) < 4.78 is 38.9. The molecular weight excluding hydrogens is 403 g/mol. The number of aryl methyl sites for hydroxylation is 1. The largest absolute Gasteiger partial charge is 0.356 e. The highest BCUT2D eigenvalue weighted by Crippen LogP contribution is 2.21. The highest BCUT2D eigenvalue weighted by Gasteiger charge is 2.20. The molecule has 0 aromatic heterocycles. The predicted octanol–water partition coefficient (Wildman–Crippen LogP) is 3.77. The van der Waals surface area contributed by atoms with Crippen LogP contribution < -0.4 is 9.62 Å². The molecule has 8 heteroatoms. The van der Waals surface area contributed by atoms with Crippen molar-refractivity contribution in [1.82, 2.24) is 5.32 Å². The van der Waals surface area contributed by atoms with Crippen molar-refractivity contribution in [3.63, 3.8) is 0 Å². The molecule has 152 valence electrons. The van der Waals surface area contributed by atoms with E-state index < -0.39 is 15.8 Å². The van der Waals surface area contributed by atoms with Gasteiger partial charge in [-0.3, -0.25) is 9.10 Å². The molecule has 0 radical (unpaired) electrons. The molecule has 0 saturated heterocycles. The van der Waals surface area contributed by atoms with E-state index in [0.29, 0.717) is 11.6 Å². The standard InChI is InChI=1S/C20H24ClFN2O3S/c1-28(26,27)24(19-12-5-4-11-18(19)22)15-7-13-20(25)23-14-6-9-16-8-2-3-10-17(16)21/h2-5,8,10-12H,6-7,9,13-15H2,1H3,(H,23,25). The number of hydrogen-bond donors (Lipinski definition) is 1. The second-order valence-electron chi connectivity index (χ2n) is 6.44. The minimum Gasteiger partial charge on any atom is -0.356 e. The van der Waals surface area contributed by atoms with Gasteiger partial charge in [0.05, 0.1) is 11.9 Å². The molecule has 0 aliphatic heterocycles. The Labute approximate surface area is 170 Å². The number of rotatable bonds is 10. The minimum absolute atomic E-state index is 0.00912. The van der Waals surface area contributed by atoms with Gasteiger partial charge in [0.2, 0.25) is 15.9 Å². The third-order valence-corrected chi connectivity index (χ3v) is 5.74. The Morgan fingerprint density at radius 2 is 1.79 bits per heavy atom. The molecule has 0 bridgehead atoms. The third-order valence-electron chi connectivity index (χ3n) is 4.19. The van der Waals surface area contributed by atoms with Crippen molar-refractivity contribution in [3.8, 4) is 0 Å². The fourth-order valence-corrected chi connectivity index (χ4v) is 3.99. The van der Waals surface area contributed by atoms with E-state index in [-0.39, 0.29) is 31.0 Å². The molecular formula is C20H24ClFN2O3S. The summed E-state index contributed by atoms with van der Waals surface area (Å²) in [5, 5.41) is 3.52. The first-order valence-corrected chi connectivity index (χ1v) is 11.2. The Bertz CT molecular complexity index is 906. The zero-order chi connectivity index (χ0) is 20.6. The lowest BCUT2D eigenvalue weighted by Gasteiger charge is -2.22. The van der Waals surface area contributed by atoms with Gasteiger partial charge in [-0.2, -0.15) is 0 Å². The number of halogens is 2. The van der Waals surface area contributed by atoms with Crippen LogP contribution in [0.4, 0.5) is 10.1 Å². The fourth-order valence-electron chi connectivity index (χ4n) is 2.80. The van der Waals surface area contributed by atoms with Crippen LogP contribution in [-0.4, -0.2) is 33.7 Å². The number of amides is 1. The van der Waals surface area contributed by atoms with E-state index in [4.69, 9.17) is 11.6 Å². The number of carbonyl (C=O) groups excluding carboxylic acids is 1. The van der Waals surface area contributed by atoms with E-state index in [1.807, 2.05) is 24.3 Å². The summed E-state index contributed by atoms with van der Waals surface area (Å²) >= 11 is 6.09. The molecule has 0 spiro atoms. The topological polar surface area (TPSA) is 66.5 Å². The molecule has 0 aliphatic rings. The molecule has 28 heavy (non-hydrogen) atoms. The van der Waals surface area contributed by atoms with Gasteiger partial charge in [-0.1, -0.05) is 41.9 Å². The Kier molecular flexibility index (Phi) is 8.26. The maximum Gasteiger partial charge on any atom is 0.232 e. The summed E-state index contributed by atoms with van der Waals surface area (Å²) in [5.41, 5.74) is 1.03. The van der Waals surface area contributed by atoms with Gasteiger partial charge in [-0.05, 0) is 43.0 Å². The number of benzene rings is 2. The molecule has 0 heterocycles. The average Bonchev–Trinajstić information content (AvgIpc) is 2.64. The summed E-state index contributed by atoms with van der Waals surface area (Å²) in [6.45, 7) is 0.542. The van der Waals surface area contributed by atoms with Gasteiger partial charge < -0.3 is 5.32 Å². The quantitative estimate of drug-likeness (QED) is 0.588. The third kappa shape index (κ3) is 6.80. The van der Waals surface area contributed by atoms with Crippen molar-refractivity contribution in [1.29, 1.82) is 0 Å². The van der Waals surface area contributed by atoms with Crippen LogP contribution in [0.5, 0.6) is 0 Å². The Morgan fingerprint density at radius 3 is 2.46 bits per heavy atom. The molecule has 2 aromatic carbocycles. The number of para-hydroxylation sites is 1. The lowest BCUT2D eigenvalue weighted by molar-refractivity contribution is -0.121. The monoisotopic (exact) mass is 426 g/mol. The van der Waals surface area contributed by atoms with Crippen LogP contribution in [0.2, 0.25) is 5.02 Å². The van der Waals surface area contributed by atoms with Crippen LogP contribution in [0.15, 0.2) is 48.5 Å². The summed E-state index contributed by atoms with van der Waals surface area (Å²) in [7, 11) is -3.64. The van der Waals surface area contributed by atoms with Crippen LogP contribution in [-0.2, 0) is 21.2 Å². The zero-order valence-corrected chi connectivity index (χ0v) is 17.3. The lowest BCUT2D eigenvalue weighted by atomic mass is 10.1. The summed E-state index contributed by atoms with van der Waals surface area (Å²) in [6.07, 6.45) is 2.98. The number of nitrogens with one attached hydrogen (secondary N) is 1. The van der Waals surface area contributed by atoms with Crippen molar-refractivity contribution in [2.24, 2.45) is 0 Å². The van der Waals surface area contributed by atoms with Crippen molar-refractivity contribution in [3.05, 3.63) is 64.9 Å². The lowest BCUT2D eigenvalue weighted by Crippen LogP contribution is -2.33. The maximum atomic E-state index is 13.9. The van der Waals surface area contributed by atoms with Crippen molar-refractivity contribution < 1.29 is 17.6 Å². The smallest absolute Gasteiger partial charge is 0.232 e. The summed E-state index contributed by atoms with van der Waals surface area (Å²) in [6, 6.07) is 13.3. The first kappa shape index (κ1) is 22.2. The van der Waals surface area contributed by atoms with Gasteiger partial charge in [0.1, 0.15) is 5.82 Å². The number of nitrogens with zero attached hydrogens (tertiary/aromatic N) is 1. The van der Waals surface area contributed by atoms with Gasteiger partial charge >= 0.3 is 0 Å². The normalized spacial score (nSPS) is 11.2. The molecule has 0 saturated carbocycles. The highest BCUT2D eigenvalue weighted by molar-refractivity contribution is 7.92. The van der Waals surface area contributed by atoms with Gasteiger partial charge in [0, 0.05) is 24.5 Å². The van der Waals surface area contributed by atoms with Crippen LogP contribution in [0.1, 0.15) is 24.8 Å². The Morgan fingerprint density at radius 1 is 1.11 bits per heavy atom. The Hall–Kier alpha value is -2.12. The molecule has 1 N–H and O–H groups in total. The molecule has 0 atom stereocenters. The summed E-state index contributed by atoms with van der Waals surface area (Å²) in [5.74, 6) is -0.780. The van der Waals surface area contributed by atoms with Crippen LogP contribution in [0, 0.1) is 5.82 Å². The van der Waals surface area contributed by atoms with Crippen molar-refractivity contribution in [2.45, 2.75) is 25.7 Å². The molecule has 2 rings (SSSR count). The molecule has 0 fully saturated rings. The van der Waals surface area contributed by atoms with Gasteiger partial charge in [0.15, 0.2) is 0 Å². The van der Waals surface area contributed by atoms with Crippen LogP contribution in [0.25, 0.3) is 0 Å². The van der Waals surface area contributed by atoms with Crippen molar-refractivity contribution >= 4 is 33.2 Å². The van der Waals surface area contributed by atoms with E-state index in [1.54, 1.807) is 6.07 Å². The maximum absolute atomic E-state index is 13.9. The van der Waals surface area contributed by atoms with E-state index in [9.17, 15) is 17.6 Å². The van der Waals surface area contributed by atoms with Crippen molar-refractivity contribution in [2.75, 3.05) is 23.7 Å². The predicted molar refractivity (Wildman–Crippen MR) is 111 cm³/mol. The highest BCUT2D eigenvalue weighted by atomic mass is 35.5. The second-order valence-corrected chi connectivity index (χ2v) is 8.75. The van der Waals surface area contributed by atoms with E-state index in [2.05, 4.69) is 5.32 Å². The molecule has 0 aliphatic carbocycles. The number of carbonyl (C=O) groups is 1. The first-order chi connectivity index (χ1) is 13.3. The molecule has 5 nitrogen and oxygen atoms in total. The zero-order valence-electron chi connectivity index (χ0n) is 15.7.